The summed E-state index contributed by atoms with van der Waals surface area (Å²) in [4.78, 5) is 12.2. The highest BCUT2D eigenvalue weighted by atomic mass is 16.5. The average molecular weight is 355 g/mol. The third-order valence-electron chi connectivity index (χ3n) is 5.18. The van der Waals surface area contributed by atoms with Crippen molar-refractivity contribution >= 4 is 11.6 Å². The summed E-state index contributed by atoms with van der Waals surface area (Å²) in [5.74, 6) is 0.927. The normalized spacial score (nSPS) is 18.9. The van der Waals surface area contributed by atoms with Crippen LogP contribution < -0.4 is 10.1 Å². The number of carbonyl (C=O) groups is 1. The first kappa shape index (κ1) is 18.7. The van der Waals surface area contributed by atoms with Gasteiger partial charge in [-0.15, -0.1) is 0 Å². The van der Waals surface area contributed by atoms with Crippen molar-refractivity contribution in [1.82, 2.24) is 0 Å². The number of ether oxygens (including phenoxy) is 1. The molecule has 1 fully saturated rings. The van der Waals surface area contributed by atoms with Crippen molar-refractivity contribution in [3.8, 4) is 5.75 Å². The molecule has 140 valence electrons. The maximum absolute atomic E-state index is 12.2. The van der Waals surface area contributed by atoms with Gasteiger partial charge in [-0.2, -0.15) is 0 Å². The van der Waals surface area contributed by atoms with Gasteiger partial charge in [-0.3, -0.25) is 4.79 Å². The SMILES string of the molecule is O=C(Nc1ccc(OCC2=CCCC=C2)cc1)C(O)CC1CCCCC1. The third-order valence-corrected chi connectivity index (χ3v) is 5.18. The fourth-order valence-electron chi connectivity index (χ4n) is 3.65. The van der Waals surface area contributed by atoms with E-state index in [0.717, 1.165) is 31.4 Å². The van der Waals surface area contributed by atoms with E-state index in [2.05, 4.69) is 23.5 Å². The van der Waals surface area contributed by atoms with Crippen molar-refractivity contribution < 1.29 is 14.6 Å². The Morgan fingerprint density at radius 3 is 2.62 bits per heavy atom. The maximum atomic E-state index is 12.2. The molecule has 0 heterocycles. The number of carbonyl (C=O) groups excluding carboxylic acids is 1. The van der Waals surface area contributed by atoms with Crippen LogP contribution in [0, 0.1) is 5.92 Å². The number of aliphatic hydroxyl groups is 1. The lowest BCUT2D eigenvalue weighted by atomic mass is 9.85. The van der Waals surface area contributed by atoms with Crippen LogP contribution in [-0.2, 0) is 4.79 Å². The van der Waals surface area contributed by atoms with Gasteiger partial charge in [0.2, 0.25) is 0 Å². The van der Waals surface area contributed by atoms with Crippen molar-refractivity contribution in [3.05, 3.63) is 48.1 Å². The van der Waals surface area contributed by atoms with Crippen LogP contribution >= 0.6 is 0 Å². The summed E-state index contributed by atoms with van der Waals surface area (Å²) >= 11 is 0. The van der Waals surface area contributed by atoms with E-state index in [9.17, 15) is 9.90 Å². The molecule has 1 saturated carbocycles. The van der Waals surface area contributed by atoms with E-state index in [0.29, 0.717) is 24.6 Å². The van der Waals surface area contributed by atoms with Crippen molar-refractivity contribution in [2.75, 3.05) is 11.9 Å². The molecule has 1 atom stereocenters. The molecule has 4 heteroatoms. The molecular formula is C22H29NO3. The minimum Gasteiger partial charge on any atom is -0.489 e. The molecule has 0 aliphatic heterocycles. The molecule has 0 radical (unpaired) electrons. The van der Waals surface area contributed by atoms with E-state index >= 15 is 0 Å². The lowest BCUT2D eigenvalue weighted by Crippen LogP contribution is -2.30. The molecular weight excluding hydrogens is 326 g/mol. The molecule has 3 rings (SSSR count). The number of hydrogen-bond acceptors (Lipinski definition) is 3. The Bertz CT molecular complexity index is 642. The lowest BCUT2D eigenvalue weighted by Gasteiger charge is -2.23. The molecule has 1 amide bonds. The number of rotatable bonds is 7. The first-order chi connectivity index (χ1) is 12.7. The van der Waals surface area contributed by atoms with E-state index in [1.807, 2.05) is 24.3 Å². The van der Waals surface area contributed by atoms with Gasteiger partial charge >= 0.3 is 0 Å². The highest BCUT2D eigenvalue weighted by Crippen LogP contribution is 2.27. The standard InChI is InChI=1S/C22H29NO3/c24-21(15-17-7-3-1-4-8-17)22(25)23-19-11-13-20(14-12-19)26-16-18-9-5-2-6-10-18/h5,9-14,17,21,24H,1-4,6-8,15-16H2,(H,23,25). The van der Waals surface area contributed by atoms with Gasteiger partial charge in [0.1, 0.15) is 18.5 Å². The Morgan fingerprint density at radius 2 is 1.92 bits per heavy atom. The van der Waals surface area contributed by atoms with E-state index in [1.54, 1.807) is 0 Å². The van der Waals surface area contributed by atoms with Crippen molar-refractivity contribution in [3.63, 3.8) is 0 Å². The molecule has 1 aromatic carbocycles. The predicted octanol–water partition coefficient (Wildman–Crippen LogP) is 4.61. The fraction of sp³-hybridized carbons (Fsp3) is 0.500. The Kier molecular flexibility index (Phi) is 6.89. The smallest absolute Gasteiger partial charge is 0.253 e. The first-order valence-corrected chi connectivity index (χ1v) is 9.78. The zero-order valence-corrected chi connectivity index (χ0v) is 15.3. The van der Waals surface area contributed by atoms with E-state index < -0.39 is 6.10 Å². The summed E-state index contributed by atoms with van der Waals surface area (Å²) in [6, 6.07) is 7.31. The van der Waals surface area contributed by atoms with E-state index in [-0.39, 0.29) is 5.91 Å². The van der Waals surface area contributed by atoms with Gasteiger partial charge in [-0.25, -0.2) is 0 Å². The number of anilines is 1. The molecule has 0 bridgehead atoms. The van der Waals surface area contributed by atoms with E-state index in [1.165, 1.54) is 24.8 Å². The second-order valence-electron chi connectivity index (χ2n) is 7.32. The highest BCUT2D eigenvalue weighted by molar-refractivity contribution is 5.93. The maximum Gasteiger partial charge on any atom is 0.253 e. The van der Waals surface area contributed by atoms with Crippen molar-refractivity contribution in [2.45, 2.75) is 57.5 Å². The summed E-state index contributed by atoms with van der Waals surface area (Å²) in [5.41, 5.74) is 1.88. The summed E-state index contributed by atoms with van der Waals surface area (Å²) < 4.78 is 5.77. The monoisotopic (exact) mass is 355 g/mol. The molecule has 1 aromatic rings. The highest BCUT2D eigenvalue weighted by Gasteiger charge is 2.22. The Morgan fingerprint density at radius 1 is 1.15 bits per heavy atom. The van der Waals surface area contributed by atoms with Crippen molar-refractivity contribution in [1.29, 1.82) is 0 Å². The van der Waals surface area contributed by atoms with Crippen LogP contribution in [-0.4, -0.2) is 23.7 Å². The molecule has 2 aliphatic carbocycles. The van der Waals surface area contributed by atoms with Crippen LogP contribution in [0.4, 0.5) is 5.69 Å². The van der Waals surface area contributed by atoms with Crippen LogP contribution in [0.25, 0.3) is 0 Å². The molecule has 2 N–H and O–H groups in total. The first-order valence-electron chi connectivity index (χ1n) is 9.78. The molecule has 0 saturated heterocycles. The van der Waals surface area contributed by atoms with Crippen molar-refractivity contribution in [2.24, 2.45) is 5.92 Å². The molecule has 4 nitrogen and oxygen atoms in total. The summed E-state index contributed by atoms with van der Waals surface area (Å²) in [7, 11) is 0. The second kappa shape index (κ2) is 9.58. The number of allylic oxidation sites excluding steroid dienone is 2. The van der Waals surface area contributed by atoms with Crippen LogP contribution in [0.5, 0.6) is 5.75 Å². The van der Waals surface area contributed by atoms with Gasteiger partial charge in [0.25, 0.3) is 5.91 Å². The minimum atomic E-state index is -0.931. The molecule has 0 aromatic heterocycles. The topological polar surface area (TPSA) is 58.6 Å². The van der Waals surface area contributed by atoms with Gasteiger partial charge in [-0.05, 0) is 55.0 Å². The number of amides is 1. The zero-order valence-electron chi connectivity index (χ0n) is 15.3. The van der Waals surface area contributed by atoms with Crippen LogP contribution in [0.1, 0.15) is 51.4 Å². The summed E-state index contributed by atoms with van der Waals surface area (Å²) in [6.07, 6.45) is 14.2. The van der Waals surface area contributed by atoms with Crippen LogP contribution in [0.2, 0.25) is 0 Å². The zero-order chi connectivity index (χ0) is 18.2. The Hall–Kier alpha value is -2.07. The summed E-state index contributed by atoms with van der Waals surface area (Å²) in [6.45, 7) is 0.558. The predicted molar refractivity (Wildman–Crippen MR) is 104 cm³/mol. The average Bonchev–Trinajstić information content (AvgIpc) is 2.69. The van der Waals surface area contributed by atoms with Crippen LogP contribution in [0.3, 0.4) is 0 Å². The van der Waals surface area contributed by atoms with Gasteiger partial charge in [-0.1, -0.05) is 50.3 Å². The molecule has 2 aliphatic rings. The number of aliphatic hydroxyl groups excluding tert-OH is 1. The van der Waals surface area contributed by atoms with Gasteiger partial charge in [0, 0.05) is 5.69 Å². The second-order valence-corrected chi connectivity index (χ2v) is 7.32. The quantitative estimate of drug-likeness (QED) is 0.751. The number of hydrogen-bond donors (Lipinski definition) is 2. The largest absolute Gasteiger partial charge is 0.489 e. The van der Waals surface area contributed by atoms with Gasteiger partial charge in [0.05, 0.1) is 0 Å². The number of nitrogens with one attached hydrogen (secondary N) is 1. The molecule has 1 unspecified atom stereocenters. The molecule has 26 heavy (non-hydrogen) atoms. The lowest BCUT2D eigenvalue weighted by molar-refractivity contribution is -0.125. The Labute approximate surface area is 155 Å². The van der Waals surface area contributed by atoms with Gasteiger partial charge in [0.15, 0.2) is 0 Å². The minimum absolute atomic E-state index is 0.318. The van der Waals surface area contributed by atoms with Crippen LogP contribution in [0.15, 0.2) is 48.1 Å². The third kappa shape index (κ3) is 5.73. The van der Waals surface area contributed by atoms with E-state index in [4.69, 9.17) is 4.74 Å². The molecule has 0 spiro atoms. The van der Waals surface area contributed by atoms with Gasteiger partial charge < -0.3 is 15.2 Å². The Balaban J connectivity index is 1.44. The summed E-state index contributed by atoms with van der Waals surface area (Å²) in [5, 5.41) is 13.0. The number of benzene rings is 1. The fourth-order valence-corrected chi connectivity index (χ4v) is 3.65.